The molecule has 0 saturated heterocycles. The molecule has 0 aliphatic heterocycles. The summed E-state index contributed by atoms with van der Waals surface area (Å²) in [6.07, 6.45) is 5.18. The van der Waals surface area contributed by atoms with Gasteiger partial charge < -0.3 is 9.84 Å². The van der Waals surface area contributed by atoms with E-state index < -0.39 is 6.10 Å². The second kappa shape index (κ2) is 7.91. The number of hydrogen-bond donors (Lipinski definition) is 1. The van der Waals surface area contributed by atoms with Crippen molar-refractivity contribution in [3.8, 4) is 5.75 Å². The minimum Gasteiger partial charge on any atom is -0.494 e. The largest absolute Gasteiger partial charge is 0.494 e. The zero-order valence-corrected chi connectivity index (χ0v) is 10.6. The van der Waals surface area contributed by atoms with Crippen molar-refractivity contribution in [3.05, 3.63) is 42.5 Å². The van der Waals surface area contributed by atoms with Gasteiger partial charge in [-0.2, -0.15) is 0 Å². The van der Waals surface area contributed by atoms with Gasteiger partial charge in [-0.15, -0.1) is 6.58 Å². The fourth-order valence-corrected chi connectivity index (χ4v) is 1.56. The standard InChI is InChI=1S/C15H22O2/c1-3-5-7-15(16)13-8-10-14(11-9-13)17-12-6-4-2/h3,8-11,15-16H,1,4-7,12H2,2H3. The van der Waals surface area contributed by atoms with E-state index in [1.54, 1.807) is 0 Å². The Balaban J connectivity index is 2.46. The molecule has 0 fully saturated rings. The normalized spacial score (nSPS) is 12.1. The summed E-state index contributed by atoms with van der Waals surface area (Å²) in [5.41, 5.74) is 0.940. The van der Waals surface area contributed by atoms with Gasteiger partial charge in [-0.05, 0) is 37.0 Å². The number of rotatable bonds is 8. The van der Waals surface area contributed by atoms with Crippen molar-refractivity contribution in [2.24, 2.45) is 0 Å². The predicted octanol–water partition coefficient (Wildman–Crippen LogP) is 3.87. The van der Waals surface area contributed by atoms with E-state index in [-0.39, 0.29) is 0 Å². The zero-order valence-electron chi connectivity index (χ0n) is 10.6. The first-order chi connectivity index (χ1) is 8.27. The van der Waals surface area contributed by atoms with Gasteiger partial charge in [-0.3, -0.25) is 0 Å². The lowest BCUT2D eigenvalue weighted by atomic mass is 10.1. The molecule has 17 heavy (non-hydrogen) atoms. The lowest BCUT2D eigenvalue weighted by molar-refractivity contribution is 0.168. The summed E-state index contributed by atoms with van der Waals surface area (Å²) < 4.78 is 5.56. The predicted molar refractivity (Wildman–Crippen MR) is 71.2 cm³/mol. The monoisotopic (exact) mass is 234 g/mol. The van der Waals surface area contributed by atoms with Crippen LogP contribution < -0.4 is 4.74 Å². The highest BCUT2D eigenvalue weighted by atomic mass is 16.5. The minimum atomic E-state index is -0.405. The number of aliphatic hydroxyl groups is 1. The van der Waals surface area contributed by atoms with Gasteiger partial charge in [0, 0.05) is 0 Å². The van der Waals surface area contributed by atoms with Crippen LogP contribution in [0, 0.1) is 0 Å². The second-order valence-electron chi connectivity index (χ2n) is 4.15. The summed E-state index contributed by atoms with van der Waals surface area (Å²) >= 11 is 0. The van der Waals surface area contributed by atoms with Crippen LogP contribution in [0.1, 0.15) is 44.3 Å². The number of unbranched alkanes of at least 4 members (excludes halogenated alkanes) is 1. The molecule has 0 spiro atoms. The van der Waals surface area contributed by atoms with Crippen LogP contribution in [0.4, 0.5) is 0 Å². The van der Waals surface area contributed by atoms with Crippen molar-refractivity contribution < 1.29 is 9.84 Å². The number of benzene rings is 1. The molecule has 0 bridgehead atoms. The van der Waals surface area contributed by atoms with Gasteiger partial charge in [0.25, 0.3) is 0 Å². The Kier molecular flexibility index (Phi) is 6.41. The maximum atomic E-state index is 9.87. The van der Waals surface area contributed by atoms with Crippen molar-refractivity contribution in [1.82, 2.24) is 0 Å². The van der Waals surface area contributed by atoms with Gasteiger partial charge in [-0.25, -0.2) is 0 Å². The molecule has 0 aromatic heterocycles. The van der Waals surface area contributed by atoms with E-state index in [2.05, 4.69) is 13.5 Å². The van der Waals surface area contributed by atoms with Crippen LogP contribution in [0.2, 0.25) is 0 Å². The Labute approximate surface area is 104 Å². The molecule has 2 nitrogen and oxygen atoms in total. The Hall–Kier alpha value is -1.28. The molecule has 1 unspecified atom stereocenters. The molecule has 0 aliphatic carbocycles. The number of ether oxygens (including phenoxy) is 1. The molecule has 1 N–H and O–H groups in total. The molecule has 0 amide bonds. The summed E-state index contributed by atoms with van der Waals surface area (Å²) in [6, 6.07) is 7.69. The molecule has 1 rings (SSSR count). The summed E-state index contributed by atoms with van der Waals surface area (Å²) in [5, 5.41) is 9.87. The molecule has 0 aliphatic rings. The van der Waals surface area contributed by atoms with E-state index in [9.17, 15) is 5.11 Å². The SMILES string of the molecule is C=CCCC(O)c1ccc(OCCCC)cc1. The highest BCUT2D eigenvalue weighted by Gasteiger charge is 2.06. The zero-order chi connectivity index (χ0) is 12.5. The first-order valence-electron chi connectivity index (χ1n) is 6.29. The van der Waals surface area contributed by atoms with Crippen molar-refractivity contribution >= 4 is 0 Å². The van der Waals surface area contributed by atoms with E-state index in [4.69, 9.17) is 4.74 Å². The van der Waals surface area contributed by atoms with Crippen molar-refractivity contribution in [3.63, 3.8) is 0 Å². The van der Waals surface area contributed by atoms with Crippen LogP contribution in [-0.2, 0) is 0 Å². The molecule has 0 saturated carbocycles. The molecule has 2 heteroatoms. The molecule has 0 heterocycles. The number of aliphatic hydroxyl groups excluding tert-OH is 1. The summed E-state index contributed by atoms with van der Waals surface area (Å²) in [7, 11) is 0. The molecule has 1 atom stereocenters. The lowest BCUT2D eigenvalue weighted by Gasteiger charge is -2.11. The van der Waals surface area contributed by atoms with Crippen molar-refractivity contribution in [2.45, 2.75) is 38.7 Å². The lowest BCUT2D eigenvalue weighted by Crippen LogP contribution is -1.99. The quantitative estimate of drug-likeness (QED) is 0.546. The first-order valence-corrected chi connectivity index (χ1v) is 6.29. The van der Waals surface area contributed by atoms with Gasteiger partial charge in [0.05, 0.1) is 12.7 Å². The third-order valence-electron chi connectivity index (χ3n) is 2.68. The smallest absolute Gasteiger partial charge is 0.119 e. The maximum Gasteiger partial charge on any atom is 0.119 e. The second-order valence-corrected chi connectivity index (χ2v) is 4.15. The summed E-state index contributed by atoms with van der Waals surface area (Å²) in [4.78, 5) is 0. The van der Waals surface area contributed by atoms with E-state index >= 15 is 0 Å². The number of allylic oxidation sites excluding steroid dienone is 1. The molecule has 1 aromatic carbocycles. The maximum absolute atomic E-state index is 9.87. The topological polar surface area (TPSA) is 29.5 Å². The fourth-order valence-electron chi connectivity index (χ4n) is 1.56. The Morgan fingerprint density at radius 1 is 1.35 bits per heavy atom. The molecule has 94 valence electrons. The summed E-state index contributed by atoms with van der Waals surface area (Å²) in [5.74, 6) is 0.873. The Morgan fingerprint density at radius 3 is 2.65 bits per heavy atom. The Bertz CT molecular complexity index is 316. The van der Waals surface area contributed by atoms with Crippen LogP contribution in [0.5, 0.6) is 5.75 Å². The molecule has 0 radical (unpaired) electrons. The van der Waals surface area contributed by atoms with Crippen LogP contribution in [0.25, 0.3) is 0 Å². The van der Waals surface area contributed by atoms with Crippen LogP contribution in [0.15, 0.2) is 36.9 Å². The van der Waals surface area contributed by atoms with Gasteiger partial charge >= 0.3 is 0 Å². The van der Waals surface area contributed by atoms with Gasteiger partial charge in [0.2, 0.25) is 0 Å². The van der Waals surface area contributed by atoms with Crippen molar-refractivity contribution in [2.75, 3.05) is 6.61 Å². The van der Waals surface area contributed by atoms with E-state index in [0.29, 0.717) is 0 Å². The van der Waals surface area contributed by atoms with E-state index in [0.717, 1.165) is 43.6 Å². The average molecular weight is 234 g/mol. The molecule has 1 aromatic rings. The van der Waals surface area contributed by atoms with E-state index in [1.807, 2.05) is 30.3 Å². The fraction of sp³-hybridized carbons (Fsp3) is 0.467. The van der Waals surface area contributed by atoms with Crippen LogP contribution >= 0.6 is 0 Å². The van der Waals surface area contributed by atoms with Gasteiger partial charge in [0.1, 0.15) is 5.75 Å². The minimum absolute atomic E-state index is 0.405. The molecular formula is C15H22O2. The van der Waals surface area contributed by atoms with Crippen molar-refractivity contribution in [1.29, 1.82) is 0 Å². The Morgan fingerprint density at radius 2 is 2.06 bits per heavy atom. The molecular weight excluding hydrogens is 212 g/mol. The third-order valence-corrected chi connectivity index (χ3v) is 2.68. The van der Waals surface area contributed by atoms with E-state index in [1.165, 1.54) is 0 Å². The highest BCUT2D eigenvalue weighted by molar-refractivity contribution is 5.28. The van der Waals surface area contributed by atoms with Crippen LogP contribution in [-0.4, -0.2) is 11.7 Å². The highest BCUT2D eigenvalue weighted by Crippen LogP contribution is 2.21. The summed E-state index contributed by atoms with van der Waals surface area (Å²) in [6.45, 7) is 6.55. The number of hydrogen-bond acceptors (Lipinski definition) is 2. The van der Waals surface area contributed by atoms with Gasteiger partial charge in [-0.1, -0.05) is 31.6 Å². The van der Waals surface area contributed by atoms with Crippen LogP contribution in [0.3, 0.4) is 0 Å². The third kappa shape index (κ3) is 5.05. The van der Waals surface area contributed by atoms with Gasteiger partial charge in [0.15, 0.2) is 0 Å². The average Bonchev–Trinajstić information content (AvgIpc) is 2.37. The first kappa shape index (κ1) is 13.8.